The summed E-state index contributed by atoms with van der Waals surface area (Å²) in [5, 5.41) is 2.61. The number of amides is 1. The first-order chi connectivity index (χ1) is 14.2. The second-order valence-electron chi connectivity index (χ2n) is 7.20. The van der Waals surface area contributed by atoms with Crippen LogP contribution in [-0.4, -0.2) is 68.3 Å². The van der Waals surface area contributed by atoms with Crippen molar-refractivity contribution in [3.05, 3.63) is 52.1 Å². The first kappa shape index (κ1) is 21.7. The third kappa shape index (κ3) is 4.15. The van der Waals surface area contributed by atoms with Gasteiger partial charge in [0.25, 0.3) is 5.56 Å². The molecule has 0 aliphatic carbocycles. The average Bonchev–Trinajstić information content (AvgIpc) is 3.02. The number of pyridine rings is 1. The molecule has 7 N–H and O–H groups in total. The van der Waals surface area contributed by atoms with E-state index in [1.807, 2.05) is 11.8 Å². The Balaban J connectivity index is 1.88. The molecule has 3 rings (SSSR count). The maximum Gasteiger partial charge on any atom is 0.268 e. The van der Waals surface area contributed by atoms with Crippen LogP contribution in [0.4, 0.5) is 0 Å². The summed E-state index contributed by atoms with van der Waals surface area (Å²) in [6.45, 7) is 6.61. The van der Waals surface area contributed by atoms with Gasteiger partial charge in [-0.2, -0.15) is 0 Å². The van der Waals surface area contributed by atoms with Gasteiger partial charge in [-0.3, -0.25) is 14.6 Å². The molecule has 1 fully saturated rings. The maximum atomic E-state index is 12.7. The molecule has 0 aromatic carbocycles. The van der Waals surface area contributed by atoms with Gasteiger partial charge in [-0.05, 0) is 24.6 Å². The highest BCUT2D eigenvalue weighted by Crippen LogP contribution is 2.28. The molecule has 3 atom stereocenters. The van der Waals surface area contributed by atoms with Crippen molar-refractivity contribution in [1.82, 2.24) is 19.9 Å². The molecular weight excluding hydrogens is 410 g/mol. The number of H-pyrrole nitrogens is 1. The third-order valence-electron chi connectivity index (χ3n) is 5.17. The number of aromatic amines is 1. The minimum Gasteiger partial charge on any atom is -0.382 e. The topological polar surface area (TPSA) is 176 Å². The van der Waals surface area contributed by atoms with Gasteiger partial charge in [0.15, 0.2) is 0 Å². The summed E-state index contributed by atoms with van der Waals surface area (Å²) < 4.78 is 27.9. The van der Waals surface area contributed by atoms with Crippen molar-refractivity contribution in [2.75, 3.05) is 19.6 Å². The Hall–Kier alpha value is -2.96. The third-order valence-corrected chi connectivity index (χ3v) is 6.69. The fourth-order valence-corrected chi connectivity index (χ4v) is 4.95. The molecule has 1 aromatic rings. The zero-order chi connectivity index (χ0) is 22.1. The predicted molar refractivity (Wildman–Crippen MR) is 112 cm³/mol. The van der Waals surface area contributed by atoms with Crippen molar-refractivity contribution in [2.45, 2.75) is 29.9 Å². The van der Waals surface area contributed by atoms with E-state index in [-0.39, 0.29) is 29.9 Å². The number of sulfonamides is 1. The van der Waals surface area contributed by atoms with E-state index < -0.39 is 27.7 Å². The number of nitrogens with one attached hydrogen (secondary N) is 3. The number of hydrogen-bond acceptors (Lipinski definition) is 8. The lowest BCUT2D eigenvalue weighted by Crippen LogP contribution is -2.47. The van der Waals surface area contributed by atoms with Crippen molar-refractivity contribution in [2.24, 2.45) is 16.5 Å². The van der Waals surface area contributed by atoms with Gasteiger partial charge in [-0.15, -0.1) is 0 Å². The zero-order valence-corrected chi connectivity index (χ0v) is 17.3. The van der Waals surface area contributed by atoms with E-state index in [1.54, 1.807) is 0 Å². The quantitative estimate of drug-likeness (QED) is 0.307. The van der Waals surface area contributed by atoms with Crippen LogP contribution in [0.15, 0.2) is 56.4 Å². The number of nitrogens with two attached hydrogens (primary N) is 2. The standard InChI is InChI=1S/C18H25N7O4S/c1-10-11(2)23-17(20)16(12(10)6-21-9-26)25-7-13(19)14(8-25)24-30(28,29)15-4-3-5-22-18(15)27/h3-5,9,11,13-14,24H,1,6-8,19H2,2H3,(H2,20,23)(H,21,26)(H,22,27). The summed E-state index contributed by atoms with van der Waals surface area (Å²) >= 11 is 0. The van der Waals surface area contributed by atoms with Crippen LogP contribution in [0.3, 0.4) is 0 Å². The Morgan fingerprint density at radius 2 is 2.17 bits per heavy atom. The number of carbonyl (C=O) groups excluding carboxylic acids is 1. The van der Waals surface area contributed by atoms with Crippen LogP contribution < -0.4 is 27.1 Å². The van der Waals surface area contributed by atoms with E-state index in [0.717, 1.165) is 5.57 Å². The van der Waals surface area contributed by atoms with Crippen LogP contribution in [-0.2, 0) is 14.8 Å². The Morgan fingerprint density at radius 3 is 2.83 bits per heavy atom. The number of nitrogens with zero attached hydrogens (tertiary/aromatic N) is 2. The normalized spacial score (nSPS) is 24.7. The maximum absolute atomic E-state index is 12.7. The number of amidine groups is 1. The first-order valence-electron chi connectivity index (χ1n) is 9.29. The Morgan fingerprint density at radius 1 is 1.43 bits per heavy atom. The lowest BCUT2D eigenvalue weighted by atomic mass is 9.95. The number of aromatic nitrogens is 1. The summed E-state index contributed by atoms with van der Waals surface area (Å²) in [5.41, 5.74) is 13.7. The van der Waals surface area contributed by atoms with Gasteiger partial charge in [-0.1, -0.05) is 6.58 Å². The highest BCUT2D eigenvalue weighted by Gasteiger charge is 2.38. The Labute approximate surface area is 174 Å². The lowest BCUT2D eigenvalue weighted by Gasteiger charge is -2.31. The largest absolute Gasteiger partial charge is 0.382 e. The molecular formula is C18H25N7O4S. The van der Waals surface area contributed by atoms with E-state index >= 15 is 0 Å². The number of carbonyl (C=O) groups is 1. The summed E-state index contributed by atoms with van der Waals surface area (Å²) in [5.74, 6) is 0.271. The van der Waals surface area contributed by atoms with Crippen molar-refractivity contribution in [3.8, 4) is 0 Å². The fraction of sp³-hybridized carbons (Fsp3) is 0.389. The molecule has 2 aliphatic heterocycles. The fourth-order valence-electron chi connectivity index (χ4n) is 3.62. The first-order valence-corrected chi connectivity index (χ1v) is 10.8. The molecule has 0 spiro atoms. The molecule has 11 nitrogen and oxygen atoms in total. The van der Waals surface area contributed by atoms with E-state index in [1.165, 1.54) is 18.3 Å². The van der Waals surface area contributed by atoms with Crippen molar-refractivity contribution in [3.63, 3.8) is 0 Å². The van der Waals surface area contributed by atoms with Gasteiger partial charge in [0.1, 0.15) is 10.7 Å². The second kappa shape index (κ2) is 8.42. The number of rotatable bonds is 7. The van der Waals surface area contributed by atoms with Crippen molar-refractivity contribution < 1.29 is 13.2 Å². The van der Waals surface area contributed by atoms with Gasteiger partial charge in [-0.25, -0.2) is 13.1 Å². The molecule has 2 aliphatic rings. The zero-order valence-electron chi connectivity index (χ0n) is 16.5. The molecule has 1 saturated heterocycles. The smallest absolute Gasteiger partial charge is 0.268 e. The average molecular weight is 436 g/mol. The van der Waals surface area contributed by atoms with Gasteiger partial charge >= 0.3 is 0 Å². The van der Waals surface area contributed by atoms with E-state index in [2.05, 4.69) is 26.6 Å². The van der Waals surface area contributed by atoms with Crippen LogP contribution in [0.5, 0.6) is 0 Å². The molecule has 3 unspecified atom stereocenters. The minimum absolute atomic E-state index is 0.208. The number of hydrogen-bond donors (Lipinski definition) is 5. The molecule has 1 amide bonds. The summed E-state index contributed by atoms with van der Waals surface area (Å²) in [6, 6.07) is 1.19. The van der Waals surface area contributed by atoms with E-state index in [0.29, 0.717) is 24.2 Å². The van der Waals surface area contributed by atoms with Crippen LogP contribution in [0.25, 0.3) is 0 Å². The number of aliphatic imine (C=N–C) groups is 1. The van der Waals surface area contributed by atoms with Gasteiger partial charge in [0, 0.05) is 37.4 Å². The molecule has 0 radical (unpaired) electrons. The predicted octanol–water partition coefficient (Wildman–Crippen LogP) is -2.02. The van der Waals surface area contributed by atoms with Gasteiger partial charge in [0.05, 0.1) is 17.8 Å². The van der Waals surface area contributed by atoms with Crippen molar-refractivity contribution in [1.29, 1.82) is 0 Å². The molecule has 3 heterocycles. The lowest BCUT2D eigenvalue weighted by molar-refractivity contribution is -0.109. The van der Waals surface area contributed by atoms with Crippen LogP contribution in [0.2, 0.25) is 0 Å². The Kier molecular flexibility index (Phi) is 6.10. The highest BCUT2D eigenvalue weighted by atomic mass is 32.2. The number of dihydropyridines is 1. The molecule has 0 bridgehead atoms. The molecule has 0 saturated carbocycles. The minimum atomic E-state index is -4.08. The number of likely N-dealkylation sites (tertiary alicyclic amines) is 1. The molecule has 162 valence electrons. The van der Waals surface area contributed by atoms with E-state index in [4.69, 9.17) is 11.5 Å². The van der Waals surface area contributed by atoms with Crippen LogP contribution >= 0.6 is 0 Å². The molecule has 12 heteroatoms. The summed E-state index contributed by atoms with van der Waals surface area (Å²) in [6.07, 6.45) is 1.93. The van der Waals surface area contributed by atoms with Crippen LogP contribution in [0.1, 0.15) is 6.92 Å². The summed E-state index contributed by atoms with van der Waals surface area (Å²) in [7, 11) is -4.08. The van der Waals surface area contributed by atoms with Gasteiger partial charge < -0.3 is 26.7 Å². The monoisotopic (exact) mass is 435 g/mol. The van der Waals surface area contributed by atoms with Gasteiger partial charge in [0.2, 0.25) is 16.4 Å². The van der Waals surface area contributed by atoms with Crippen molar-refractivity contribution >= 4 is 22.3 Å². The van der Waals surface area contributed by atoms with E-state index in [9.17, 15) is 18.0 Å². The second-order valence-corrected chi connectivity index (χ2v) is 8.88. The molecule has 30 heavy (non-hydrogen) atoms. The highest BCUT2D eigenvalue weighted by molar-refractivity contribution is 7.89. The van der Waals surface area contributed by atoms with Crippen LogP contribution in [0, 0.1) is 0 Å². The molecule has 1 aromatic heterocycles. The summed E-state index contributed by atoms with van der Waals surface area (Å²) in [4.78, 5) is 30.9. The SMILES string of the molecule is C=C1C(CNC=O)=C(N2CC(N)C(NS(=O)(=O)c3ccc[nH]c3=O)C2)C(N)=NC1C. The Bertz CT molecular complexity index is 1080.